The first-order valence-corrected chi connectivity index (χ1v) is 10.7. The normalized spacial score (nSPS) is 14.1. The first-order valence-electron chi connectivity index (χ1n) is 10.7. The van der Waals surface area contributed by atoms with Gasteiger partial charge >= 0.3 is 0 Å². The average molecular weight is 423 g/mol. The molecule has 0 unspecified atom stereocenters. The van der Waals surface area contributed by atoms with Crippen LogP contribution >= 0.6 is 0 Å². The van der Waals surface area contributed by atoms with Crippen LogP contribution in [-0.4, -0.2) is 36.0 Å². The van der Waals surface area contributed by atoms with Crippen LogP contribution in [-0.2, 0) is 9.59 Å². The number of amides is 2. The van der Waals surface area contributed by atoms with Crippen LogP contribution in [0, 0.1) is 5.92 Å². The molecule has 0 saturated carbocycles. The van der Waals surface area contributed by atoms with E-state index < -0.39 is 0 Å². The molecule has 1 N–H and O–H groups in total. The van der Waals surface area contributed by atoms with E-state index in [1.807, 2.05) is 83.1 Å². The second kappa shape index (κ2) is 9.69. The molecule has 0 saturated heterocycles. The Bertz CT molecular complexity index is 960. The third kappa shape index (κ3) is 5.26. The van der Waals surface area contributed by atoms with Crippen molar-refractivity contribution < 1.29 is 19.1 Å². The van der Waals surface area contributed by atoms with Gasteiger partial charge in [-0.15, -0.1) is 0 Å². The van der Waals surface area contributed by atoms with Gasteiger partial charge in [-0.25, -0.2) is 0 Å². The minimum absolute atomic E-state index is 0.0539. The molecular formula is C25H30N2O4. The second-order valence-electron chi connectivity index (χ2n) is 8.14. The van der Waals surface area contributed by atoms with Gasteiger partial charge < -0.3 is 14.8 Å². The van der Waals surface area contributed by atoms with E-state index in [1.54, 1.807) is 0 Å². The molecule has 2 aromatic carbocycles. The first kappa shape index (κ1) is 22.4. The van der Waals surface area contributed by atoms with Crippen molar-refractivity contribution >= 4 is 23.1 Å². The first-order chi connectivity index (χ1) is 14.8. The van der Waals surface area contributed by atoms with Crippen LogP contribution in [0.5, 0.6) is 11.5 Å². The predicted molar refractivity (Wildman–Crippen MR) is 122 cm³/mol. The molecular weight excluding hydrogens is 392 g/mol. The molecule has 2 amide bonds. The fraction of sp³-hybridized carbons (Fsp3) is 0.360. The lowest BCUT2D eigenvalue weighted by atomic mass is 10.0. The quantitative estimate of drug-likeness (QED) is 0.592. The average Bonchev–Trinajstić information content (AvgIpc) is 2.94. The summed E-state index contributed by atoms with van der Waals surface area (Å²) in [6.07, 6.45) is 0.0539. The molecule has 1 aliphatic rings. The predicted octanol–water partition coefficient (Wildman–Crippen LogP) is 4.72. The van der Waals surface area contributed by atoms with Gasteiger partial charge in [-0.3, -0.25) is 14.5 Å². The highest BCUT2D eigenvalue weighted by molar-refractivity contribution is 6.36. The summed E-state index contributed by atoms with van der Waals surface area (Å²) in [5.74, 6) is 1.03. The summed E-state index contributed by atoms with van der Waals surface area (Å²) in [7, 11) is 0. The van der Waals surface area contributed by atoms with Crippen molar-refractivity contribution in [2.24, 2.45) is 5.92 Å². The molecule has 0 radical (unpaired) electrons. The van der Waals surface area contributed by atoms with Crippen molar-refractivity contribution in [3.05, 3.63) is 59.8 Å². The monoisotopic (exact) mass is 422 g/mol. The molecule has 0 aliphatic carbocycles. The van der Waals surface area contributed by atoms with E-state index in [2.05, 4.69) is 5.32 Å². The van der Waals surface area contributed by atoms with Crippen molar-refractivity contribution in [2.75, 3.05) is 18.5 Å². The lowest BCUT2D eigenvalue weighted by Gasteiger charge is -2.17. The van der Waals surface area contributed by atoms with Crippen LogP contribution in [0.4, 0.5) is 5.69 Å². The molecule has 31 heavy (non-hydrogen) atoms. The van der Waals surface area contributed by atoms with Gasteiger partial charge in [0.2, 0.25) is 0 Å². The Morgan fingerprint density at radius 1 is 0.871 bits per heavy atom. The molecule has 164 valence electrons. The van der Waals surface area contributed by atoms with Gasteiger partial charge in [0.15, 0.2) is 0 Å². The van der Waals surface area contributed by atoms with Crippen molar-refractivity contribution in [1.82, 2.24) is 4.90 Å². The van der Waals surface area contributed by atoms with Crippen LogP contribution in [0.3, 0.4) is 0 Å². The van der Waals surface area contributed by atoms with E-state index in [9.17, 15) is 9.59 Å². The van der Waals surface area contributed by atoms with Crippen molar-refractivity contribution in [3.8, 4) is 11.5 Å². The largest absolute Gasteiger partial charge is 0.494 e. The van der Waals surface area contributed by atoms with E-state index in [0.717, 1.165) is 11.5 Å². The highest BCUT2D eigenvalue weighted by Crippen LogP contribution is 2.32. The van der Waals surface area contributed by atoms with Gasteiger partial charge in [0.25, 0.3) is 11.8 Å². The Morgan fingerprint density at radius 3 is 2.03 bits per heavy atom. The number of carbonyl (C=O) groups excluding carboxylic acids is 2. The number of hydrogen-bond donors (Lipinski definition) is 1. The zero-order chi connectivity index (χ0) is 22.5. The molecule has 6 nitrogen and oxygen atoms in total. The Hall–Kier alpha value is -3.28. The van der Waals surface area contributed by atoms with E-state index in [1.165, 1.54) is 4.90 Å². The fourth-order valence-electron chi connectivity index (χ4n) is 3.41. The molecule has 0 atom stereocenters. The lowest BCUT2D eigenvalue weighted by molar-refractivity contribution is -0.137. The number of nitrogens with zero attached hydrogens (tertiary/aromatic N) is 1. The maximum absolute atomic E-state index is 13.2. The summed E-state index contributed by atoms with van der Waals surface area (Å²) >= 11 is 0. The van der Waals surface area contributed by atoms with Gasteiger partial charge in [-0.1, -0.05) is 26.0 Å². The highest BCUT2D eigenvalue weighted by Gasteiger charge is 2.39. The Labute approximate surface area is 183 Å². The summed E-state index contributed by atoms with van der Waals surface area (Å²) in [4.78, 5) is 27.7. The topological polar surface area (TPSA) is 67.9 Å². The molecule has 0 bridgehead atoms. The lowest BCUT2D eigenvalue weighted by Crippen LogP contribution is -2.35. The third-order valence-corrected chi connectivity index (χ3v) is 4.67. The summed E-state index contributed by atoms with van der Waals surface area (Å²) in [5, 5.41) is 3.17. The minimum atomic E-state index is -0.315. The molecule has 6 heteroatoms. The molecule has 0 fully saturated rings. The van der Waals surface area contributed by atoms with Crippen molar-refractivity contribution in [2.45, 2.75) is 40.7 Å². The van der Waals surface area contributed by atoms with E-state index in [4.69, 9.17) is 9.47 Å². The van der Waals surface area contributed by atoms with Gasteiger partial charge in [0, 0.05) is 12.2 Å². The number of anilines is 1. The maximum atomic E-state index is 13.2. The highest BCUT2D eigenvalue weighted by atomic mass is 16.5. The number of rotatable bonds is 9. The fourth-order valence-corrected chi connectivity index (χ4v) is 3.41. The smallest absolute Gasteiger partial charge is 0.278 e. The van der Waals surface area contributed by atoms with E-state index >= 15 is 0 Å². The Kier molecular flexibility index (Phi) is 7.00. The van der Waals surface area contributed by atoms with E-state index in [-0.39, 0.29) is 29.5 Å². The van der Waals surface area contributed by atoms with Gasteiger partial charge in [-0.2, -0.15) is 0 Å². The maximum Gasteiger partial charge on any atom is 0.278 e. The second-order valence-corrected chi connectivity index (χ2v) is 8.14. The summed E-state index contributed by atoms with van der Waals surface area (Å²) in [5.41, 5.74) is 2.04. The number of benzene rings is 2. The number of carbonyl (C=O) groups is 2. The van der Waals surface area contributed by atoms with Crippen molar-refractivity contribution in [3.63, 3.8) is 0 Å². The van der Waals surface area contributed by atoms with Gasteiger partial charge in [0.1, 0.15) is 17.2 Å². The van der Waals surface area contributed by atoms with Crippen LogP contribution < -0.4 is 14.8 Å². The number of imide groups is 1. The van der Waals surface area contributed by atoms with Gasteiger partial charge in [0.05, 0.1) is 18.3 Å². The Morgan fingerprint density at radius 2 is 1.48 bits per heavy atom. The zero-order valence-electron chi connectivity index (χ0n) is 18.8. The molecule has 0 spiro atoms. The summed E-state index contributed by atoms with van der Waals surface area (Å²) < 4.78 is 11.2. The van der Waals surface area contributed by atoms with Crippen LogP contribution in [0.1, 0.15) is 40.2 Å². The van der Waals surface area contributed by atoms with Crippen LogP contribution in [0.15, 0.2) is 54.2 Å². The molecule has 3 rings (SSSR count). The SMILES string of the molecule is CCOc1ccc(NC2=C(c3ccc(OC(C)C)cc3)C(=O)N(CC(C)C)C2=O)cc1. The number of ether oxygens (including phenoxy) is 2. The minimum Gasteiger partial charge on any atom is -0.494 e. The molecule has 1 heterocycles. The number of hydrogen-bond acceptors (Lipinski definition) is 5. The Balaban J connectivity index is 1.96. The molecule has 0 aromatic heterocycles. The van der Waals surface area contributed by atoms with E-state index in [0.29, 0.717) is 30.0 Å². The molecule has 2 aromatic rings. The van der Waals surface area contributed by atoms with Gasteiger partial charge in [-0.05, 0) is 68.7 Å². The zero-order valence-corrected chi connectivity index (χ0v) is 18.8. The number of nitrogens with one attached hydrogen (secondary N) is 1. The third-order valence-electron chi connectivity index (χ3n) is 4.67. The summed E-state index contributed by atoms with van der Waals surface area (Å²) in [6, 6.07) is 14.6. The molecule has 1 aliphatic heterocycles. The standard InChI is InChI=1S/C25H30N2O4/c1-6-30-20-13-9-19(10-14-20)26-23-22(24(28)27(25(23)29)15-16(2)3)18-7-11-21(12-8-18)31-17(4)5/h7-14,16-17,26H,6,15H2,1-5H3. The van der Waals surface area contributed by atoms with Crippen LogP contribution in [0.25, 0.3) is 5.57 Å². The van der Waals surface area contributed by atoms with Crippen LogP contribution in [0.2, 0.25) is 0 Å². The summed E-state index contributed by atoms with van der Waals surface area (Å²) in [6.45, 7) is 10.7. The van der Waals surface area contributed by atoms with Crippen molar-refractivity contribution in [1.29, 1.82) is 0 Å².